The molecule has 2 heteroatoms. The summed E-state index contributed by atoms with van der Waals surface area (Å²) in [7, 11) is 0. The molecule has 2 fully saturated rings. The second-order valence-corrected chi connectivity index (χ2v) is 7.06. The molecule has 1 aliphatic carbocycles. The molecule has 1 aliphatic heterocycles. The van der Waals surface area contributed by atoms with E-state index in [1.807, 2.05) is 0 Å². The molecule has 1 heterocycles. The van der Waals surface area contributed by atoms with E-state index < -0.39 is 0 Å². The Morgan fingerprint density at radius 3 is 2.62 bits per heavy atom. The molecule has 2 rings (SSSR count). The van der Waals surface area contributed by atoms with Gasteiger partial charge in [-0.25, -0.2) is 0 Å². The third-order valence-corrected chi connectivity index (χ3v) is 4.14. The van der Waals surface area contributed by atoms with Crippen molar-refractivity contribution < 1.29 is 4.74 Å². The van der Waals surface area contributed by atoms with Gasteiger partial charge in [-0.2, -0.15) is 0 Å². The largest absolute Gasteiger partial charge is 0.378 e. The van der Waals surface area contributed by atoms with Crippen LogP contribution in [0.4, 0.5) is 0 Å². The topological polar surface area (TPSA) is 35.2 Å². The average Bonchev–Trinajstić information content (AvgIpc) is 2.49. The van der Waals surface area contributed by atoms with Gasteiger partial charge in [0.15, 0.2) is 0 Å². The van der Waals surface area contributed by atoms with Crippen LogP contribution in [0.25, 0.3) is 0 Å². The third-order valence-electron chi connectivity index (χ3n) is 4.14. The molecule has 0 aromatic rings. The number of ether oxygens (including phenoxy) is 1. The van der Waals surface area contributed by atoms with E-state index in [-0.39, 0.29) is 5.54 Å². The molecule has 0 spiro atoms. The van der Waals surface area contributed by atoms with Crippen molar-refractivity contribution in [3.63, 3.8) is 0 Å². The minimum atomic E-state index is 0.0240. The smallest absolute Gasteiger partial charge is 0.0593 e. The molecular weight excluding hydrogens is 198 g/mol. The standard InChI is InChI=1S/C14H27NO/c1-11-7-13(2,3)10-14(15,8-11)9-12-5-4-6-16-12/h11-12H,4-10,15H2,1-3H3. The van der Waals surface area contributed by atoms with Gasteiger partial charge in [-0.05, 0) is 49.9 Å². The fourth-order valence-electron chi connectivity index (χ4n) is 4.22. The Labute approximate surface area is 99.9 Å². The summed E-state index contributed by atoms with van der Waals surface area (Å²) in [6.07, 6.45) is 7.60. The van der Waals surface area contributed by atoms with E-state index in [2.05, 4.69) is 20.8 Å². The van der Waals surface area contributed by atoms with Crippen LogP contribution in [0.1, 0.15) is 59.3 Å². The molecule has 16 heavy (non-hydrogen) atoms. The van der Waals surface area contributed by atoms with Crippen molar-refractivity contribution in [1.82, 2.24) is 0 Å². The first-order valence-electron chi connectivity index (χ1n) is 6.79. The van der Waals surface area contributed by atoms with Crippen molar-refractivity contribution in [2.45, 2.75) is 70.9 Å². The fourth-order valence-corrected chi connectivity index (χ4v) is 4.22. The highest BCUT2D eigenvalue weighted by Crippen LogP contribution is 2.45. The zero-order valence-corrected chi connectivity index (χ0v) is 11.1. The van der Waals surface area contributed by atoms with Gasteiger partial charge in [-0.1, -0.05) is 20.8 Å². The van der Waals surface area contributed by atoms with Crippen LogP contribution in [-0.4, -0.2) is 18.2 Å². The van der Waals surface area contributed by atoms with Crippen LogP contribution in [0.15, 0.2) is 0 Å². The summed E-state index contributed by atoms with van der Waals surface area (Å²) < 4.78 is 5.74. The van der Waals surface area contributed by atoms with Gasteiger partial charge in [-0.3, -0.25) is 0 Å². The number of hydrogen-bond acceptors (Lipinski definition) is 2. The van der Waals surface area contributed by atoms with Gasteiger partial charge in [0.2, 0.25) is 0 Å². The molecule has 2 nitrogen and oxygen atoms in total. The Balaban J connectivity index is 1.99. The molecule has 0 amide bonds. The monoisotopic (exact) mass is 225 g/mol. The zero-order valence-electron chi connectivity index (χ0n) is 11.1. The van der Waals surface area contributed by atoms with Gasteiger partial charge in [0.1, 0.15) is 0 Å². The molecule has 1 saturated carbocycles. The van der Waals surface area contributed by atoms with E-state index in [0.717, 1.165) is 25.4 Å². The second-order valence-electron chi connectivity index (χ2n) is 7.06. The Kier molecular flexibility index (Phi) is 3.33. The van der Waals surface area contributed by atoms with Gasteiger partial charge in [0.05, 0.1) is 6.10 Å². The molecule has 0 radical (unpaired) electrons. The lowest BCUT2D eigenvalue weighted by Gasteiger charge is -2.46. The SMILES string of the molecule is CC1CC(C)(C)CC(N)(CC2CCCO2)C1. The highest BCUT2D eigenvalue weighted by Gasteiger charge is 2.41. The van der Waals surface area contributed by atoms with E-state index >= 15 is 0 Å². The molecular formula is C14H27NO. The maximum absolute atomic E-state index is 6.62. The molecule has 0 bridgehead atoms. The second kappa shape index (κ2) is 4.30. The molecule has 2 aliphatic rings. The molecule has 2 N–H and O–H groups in total. The molecule has 3 atom stereocenters. The lowest BCUT2D eigenvalue weighted by atomic mass is 9.63. The fraction of sp³-hybridized carbons (Fsp3) is 1.00. The van der Waals surface area contributed by atoms with Crippen LogP contribution in [0.3, 0.4) is 0 Å². The van der Waals surface area contributed by atoms with Crippen molar-refractivity contribution in [2.75, 3.05) is 6.61 Å². The van der Waals surface area contributed by atoms with Gasteiger partial charge in [0.25, 0.3) is 0 Å². The summed E-state index contributed by atoms with van der Waals surface area (Å²) in [5, 5.41) is 0. The highest BCUT2D eigenvalue weighted by molar-refractivity contribution is 4.98. The number of hydrogen-bond donors (Lipinski definition) is 1. The summed E-state index contributed by atoms with van der Waals surface area (Å²) in [5.74, 6) is 0.759. The first-order chi connectivity index (χ1) is 7.39. The summed E-state index contributed by atoms with van der Waals surface area (Å²) in [5.41, 5.74) is 7.06. The predicted molar refractivity (Wildman–Crippen MR) is 67.3 cm³/mol. The minimum absolute atomic E-state index is 0.0240. The van der Waals surface area contributed by atoms with Crippen LogP contribution >= 0.6 is 0 Å². The number of rotatable bonds is 2. The molecule has 1 saturated heterocycles. The lowest BCUT2D eigenvalue weighted by molar-refractivity contribution is 0.0397. The van der Waals surface area contributed by atoms with Gasteiger partial charge < -0.3 is 10.5 Å². The van der Waals surface area contributed by atoms with Gasteiger partial charge >= 0.3 is 0 Å². The lowest BCUT2D eigenvalue weighted by Crippen LogP contribution is -2.51. The molecule has 0 aromatic carbocycles. The predicted octanol–water partition coefficient (Wildman–Crippen LogP) is 3.10. The van der Waals surface area contributed by atoms with E-state index in [4.69, 9.17) is 10.5 Å². The zero-order chi connectivity index (χ0) is 11.8. The van der Waals surface area contributed by atoms with Crippen molar-refractivity contribution in [2.24, 2.45) is 17.1 Å². The summed E-state index contributed by atoms with van der Waals surface area (Å²) in [6.45, 7) is 8.01. The van der Waals surface area contributed by atoms with E-state index in [1.165, 1.54) is 25.7 Å². The summed E-state index contributed by atoms with van der Waals surface area (Å²) in [6, 6.07) is 0. The highest BCUT2D eigenvalue weighted by atomic mass is 16.5. The van der Waals surface area contributed by atoms with E-state index in [1.54, 1.807) is 0 Å². The van der Waals surface area contributed by atoms with Gasteiger partial charge in [-0.15, -0.1) is 0 Å². The third kappa shape index (κ3) is 2.98. The van der Waals surface area contributed by atoms with Crippen LogP contribution in [0, 0.1) is 11.3 Å². The van der Waals surface area contributed by atoms with E-state index in [0.29, 0.717) is 11.5 Å². The Bertz CT molecular complexity index is 245. The first kappa shape index (κ1) is 12.4. The first-order valence-corrected chi connectivity index (χ1v) is 6.79. The van der Waals surface area contributed by atoms with Gasteiger partial charge in [0, 0.05) is 12.1 Å². The van der Waals surface area contributed by atoms with Crippen LogP contribution in [-0.2, 0) is 4.74 Å². The molecule has 0 aromatic heterocycles. The van der Waals surface area contributed by atoms with Crippen molar-refractivity contribution in [1.29, 1.82) is 0 Å². The Morgan fingerprint density at radius 2 is 2.06 bits per heavy atom. The van der Waals surface area contributed by atoms with Crippen LogP contribution in [0.2, 0.25) is 0 Å². The summed E-state index contributed by atoms with van der Waals surface area (Å²) >= 11 is 0. The summed E-state index contributed by atoms with van der Waals surface area (Å²) in [4.78, 5) is 0. The Morgan fingerprint density at radius 1 is 1.31 bits per heavy atom. The van der Waals surface area contributed by atoms with Crippen molar-refractivity contribution in [3.8, 4) is 0 Å². The van der Waals surface area contributed by atoms with Crippen molar-refractivity contribution >= 4 is 0 Å². The minimum Gasteiger partial charge on any atom is -0.378 e. The quantitative estimate of drug-likeness (QED) is 0.783. The van der Waals surface area contributed by atoms with Crippen molar-refractivity contribution in [3.05, 3.63) is 0 Å². The van der Waals surface area contributed by atoms with E-state index in [9.17, 15) is 0 Å². The average molecular weight is 225 g/mol. The normalized spacial score (nSPS) is 43.5. The maximum atomic E-state index is 6.62. The molecule has 3 unspecified atom stereocenters. The maximum Gasteiger partial charge on any atom is 0.0593 e. The Hall–Kier alpha value is -0.0800. The van der Waals surface area contributed by atoms with Crippen LogP contribution in [0.5, 0.6) is 0 Å². The molecule has 94 valence electrons. The number of nitrogens with two attached hydrogens (primary N) is 1. The van der Waals surface area contributed by atoms with Crippen LogP contribution < -0.4 is 5.73 Å².